The van der Waals surface area contributed by atoms with Crippen molar-refractivity contribution >= 4 is 22.8 Å². The molecule has 24 heavy (non-hydrogen) atoms. The molecule has 0 spiro atoms. The number of rotatable bonds is 10. The summed E-state index contributed by atoms with van der Waals surface area (Å²) in [6, 6.07) is 7.53. The van der Waals surface area contributed by atoms with Gasteiger partial charge in [0, 0.05) is 12.7 Å². The monoisotopic (exact) mass is 351 g/mol. The Bertz CT molecular complexity index is 559. The zero-order valence-electron chi connectivity index (χ0n) is 13.9. The van der Waals surface area contributed by atoms with E-state index in [1.807, 2.05) is 24.3 Å². The Morgan fingerprint density at radius 3 is 2.62 bits per heavy atom. The first-order valence-corrected chi connectivity index (χ1v) is 8.80. The molecule has 0 aliphatic heterocycles. The molecule has 0 fully saturated rings. The lowest BCUT2D eigenvalue weighted by molar-refractivity contribution is -0.117. The summed E-state index contributed by atoms with van der Waals surface area (Å²) in [4.78, 5) is 22.6. The van der Waals surface area contributed by atoms with Crippen LogP contribution in [0.1, 0.15) is 25.3 Å². The number of amides is 1. The molecule has 5 N–H and O–H groups in total. The minimum absolute atomic E-state index is 0.0995. The fourth-order valence-electron chi connectivity index (χ4n) is 1.77. The van der Waals surface area contributed by atoms with Crippen LogP contribution in [-0.4, -0.2) is 30.7 Å². The van der Waals surface area contributed by atoms with E-state index in [2.05, 4.69) is 5.32 Å². The summed E-state index contributed by atoms with van der Waals surface area (Å²) in [5.41, 5.74) is 12.3. The quantitative estimate of drug-likeness (QED) is 0.436. The number of benzene rings is 1. The van der Waals surface area contributed by atoms with Gasteiger partial charge in [0.15, 0.2) is 5.12 Å². The molecule has 0 saturated heterocycles. The molecule has 0 radical (unpaired) electrons. The average molecular weight is 351 g/mol. The third-order valence-corrected chi connectivity index (χ3v) is 3.94. The minimum atomic E-state index is -0.299. The Labute approximate surface area is 147 Å². The van der Waals surface area contributed by atoms with E-state index >= 15 is 0 Å². The fourth-order valence-corrected chi connectivity index (χ4v) is 2.33. The van der Waals surface area contributed by atoms with E-state index in [1.54, 1.807) is 13.0 Å². The molecule has 0 aliphatic carbocycles. The lowest BCUT2D eigenvalue weighted by Gasteiger charge is -2.08. The van der Waals surface area contributed by atoms with Gasteiger partial charge in [0.25, 0.3) is 5.91 Å². The molecule has 0 saturated carbocycles. The van der Waals surface area contributed by atoms with Gasteiger partial charge in [-0.2, -0.15) is 0 Å². The van der Waals surface area contributed by atoms with Crippen LogP contribution in [0.2, 0.25) is 0 Å². The van der Waals surface area contributed by atoms with Crippen LogP contribution in [0.3, 0.4) is 0 Å². The normalized spacial score (nSPS) is 11.2. The number of carbonyl (C=O) groups excluding carboxylic acids is 2. The number of nitrogens with one attached hydrogen (secondary N) is 1. The summed E-state index contributed by atoms with van der Waals surface area (Å²) in [5, 5.41) is 2.79. The second-order valence-electron chi connectivity index (χ2n) is 5.12. The number of thioether (sulfide) groups is 1. The van der Waals surface area contributed by atoms with Crippen molar-refractivity contribution in [1.29, 1.82) is 0 Å². The first kappa shape index (κ1) is 20.1. The van der Waals surface area contributed by atoms with Gasteiger partial charge >= 0.3 is 0 Å². The molecule has 1 rings (SSSR count). The second kappa shape index (κ2) is 11.5. The third-order valence-electron chi connectivity index (χ3n) is 3.06. The first-order valence-electron chi connectivity index (χ1n) is 7.82. The number of nitrogens with two attached hydrogens (primary N) is 2. The van der Waals surface area contributed by atoms with Crippen molar-refractivity contribution < 1.29 is 14.3 Å². The van der Waals surface area contributed by atoms with Crippen molar-refractivity contribution in [3.05, 3.63) is 41.6 Å². The van der Waals surface area contributed by atoms with Crippen molar-refractivity contribution in [1.82, 2.24) is 5.32 Å². The van der Waals surface area contributed by atoms with Crippen LogP contribution in [0.5, 0.6) is 5.75 Å². The molecule has 0 bridgehead atoms. The van der Waals surface area contributed by atoms with Gasteiger partial charge in [-0.05, 0) is 37.1 Å². The SMILES string of the molecule is CC(=O)SCc1ccc(OCCNC(=O)/C(N)=C/CCCN)cc1. The molecule has 0 unspecified atom stereocenters. The van der Waals surface area contributed by atoms with E-state index in [4.69, 9.17) is 16.2 Å². The molecule has 6 nitrogen and oxygen atoms in total. The molecule has 0 atom stereocenters. The van der Waals surface area contributed by atoms with Gasteiger partial charge in [-0.1, -0.05) is 30.0 Å². The number of hydrogen-bond acceptors (Lipinski definition) is 6. The zero-order chi connectivity index (χ0) is 17.8. The van der Waals surface area contributed by atoms with Crippen LogP contribution >= 0.6 is 11.8 Å². The predicted octanol–water partition coefficient (Wildman–Crippen LogP) is 1.54. The van der Waals surface area contributed by atoms with Gasteiger partial charge in [0.1, 0.15) is 12.4 Å². The molecule has 1 aromatic carbocycles. The highest BCUT2D eigenvalue weighted by Crippen LogP contribution is 2.17. The van der Waals surface area contributed by atoms with Crippen molar-refractivity contribution in [2.45, 2.75) is 25.5 Å². The standard InChI is InChI=1S/C17H25N3O3S/c1-13(21)24-12-14-5-7-15(8-6-14)23-11-10-20-17(22)16(19)4-2-3-9-18/h4-8H,2-3,9-12,18-19H2,1H3,(H,20,22)/b16-4-. The molecule has 0 aliphatic rings. The minimum Gasteiger partial charge on any atom is -0.492 e. The maximum atomic E-state index is 11.7. The Kier molecular flexibility index (Phi) is 9.64. The highest BCUT2D eigenvalue weighted by Gasteiger charge is 2.04. The van der Waals surface area contributed by atoms with E-state index in [-0.39, 0.29) is 16.7 Å². The second-order valence-corrected chi connectivity index (χ2v) is 6.27. The Balaban J connectivity index is 2.26. The van der Waals surface area contributed by atoms with Gasteiger partial charge in [-0.25, -0.2) is 0 Å². The van der Waals surface area contributed by atoms with Gasteiger partial charge in [0.05, 0.1) is 12.2 Å². The highest BCUT2D eigenvalue weighted by molar-refractivity contribution is 8.12. The lowest BCUT2D eigenvalue weighted by atomic mass is 10.2. The van der Waals surface area contributed by atoms with Crippen LogP contribution in [0.15, 0.2) is 36.0 Å². The number of unbranched alkanes of at least 4 members (excludes halogenated alkanes) is 1. The number of hydrogen-bond donors (Lipinski definition) is 3. The molecule has 7 heteroatoms. The molecule has 0 heterocycles. The number of allylic oxidation sites excluding steroid dienone is 1. The zero-order valence-corrected chi connectivity index (χ0v) is 14.7. The van der Waals surface area contributed by atoms with Crippen molar-refractivity contribution in [2.24, 2.45) is 11.5 Å². The molecule has 1 aromatic rings. The van der Waals surface area contributed by atoms with Crippen LogP contribution in [0.4, 0.5) is 0 Å². The summed E-state index contributed by atoms with van der Waals surface area (Å²) in [7, 11) is 0. The average Bonchev–Trinajstić information content (AvgIpc) is 2.57. The maximum absolute atomic E-state index is 11.7. The van der Waals surface area contributed by atoms with Crippen molar-refractivity contribution in [3.63, 3.8) is 0 Å². The first-order chi connectivity index (χ1) is 11.5. The molecule has 132 valence electrons. The number of carbonyl (C=O) groups is 2. The van der Waals surface area contributed by atoms with Crippen LogP contribution in [0, 0.1) is 0 Å². The largest absolute Gasteiger partial charge is 0.492 e. The van der Waals surface area contributed by atoms with E-state index in [9.17, 15) is 9.59 Å². The molecular formula is C17H25N3O3S. The van der Waals surface area contributed by atoms with Gasteiger partial charge in [0.2, 0.25) is 0 Å². The summed E-state index contributed by atoms with van der Waals surface area (Å²) < 4.78 is 5.55. The number of ether oxygens (including phenoxy) is 1. The van der Waals surface area contributed by atoms with Gasteiger partial charge in [-0.15, -0.1) is 0 Å². The van der Waals surface area contributed by atoms with Gasteiger partial charge in [-0.3, -0.25) is 9.59 Å². The summed E-state index contributed by atoms with van der Waals surface area (Å²) in [5.74, 6) is 1.07. The molecular weight excluding hydrogens is 326 g/mol. The molecule has 0 aromatic heterocycles. The summed E-state index contributed by atoms with van der Waals surface area (Å²) in [6.45, 7) is 2.84. The van der Waals surface area contributed by atoms with Gasteiger partial charge < -0.3 is 21.5 Å². The summed E-state index contributed by atoms with van der Waals surface area (Å²) >= 11 is 1.27. The summed E-state index contributed by atoms with van der Waals surface area (Å²) in [6.07, 6.45) is 3.18. The maximum Gasteiger partial charge on any atom is 0.266 e. The van der Waals surface area contributed by atoms with Crippen molar-refractivity contribution in [3.8, 4) is 5.75 Å². The third kappa shape index (κ3) is 8.59. The van der Waals surface area contributed by atoms with Crippen molar-refractivity contribution in [2.75, 3.05) is 19.7 Å². The van der Waals surface area contributed by atoms with E-state index < -0.39 is 0 Å². The lowest BCUT2D eigenvalue weighted by Crippen LogP contribution is -2.32. The van der Waals surface area contributed by atoms with E-state index in [0.29, 0.717) is 37.6 Å². The Morgan fingerprint density at radius 2 is 2.00 bits per heavy atom. The van der Waals surface area contributed by atoms with Crippen LogP contribution in [0.25, 0.3) is 0 Å². The fraction of sp³-hybridized carbons (Fsp3) is 0.412. The van der Waals surface area contributed by atoms with Crippen LogP contribution in [-0.2, 0) is 15.3 Å². The topological polar surface area (TPSA) is 107 Å². The smallest absolute Gasteiger partial charge is 0.266 e. The van der Waals surface area contributed by atoms with E-state index in [0.717, 1.165) is 12.0 Å². The Hall–Kier alpha value is -1.99. The van der Waals surface area contributed by atoms with Crippen LogP contribution < -0.4 is 21.5 Å². The molecule has 1 amide bonds. The Morgan fingerprint density at radius 1 is 1.29 bits per heavy atom. The van der Waals surface area contributed by atoms with E-state index in [1.165, 1.54) is 11.8 Å². The predicted molar refractivity (Wildman–Crippen MR) is 97.5 cm³/mol. The highest BCUT2D eigenvalue weighted by atomic mass is 32.2.